The van der Waals surface area contributed by atoms with Gasteiger partial charge in [0.2, 0.25) is 5.91 Å². The number of carbonyl (C=O) groups is 2. The molecule has 1 atom stereocenters. The van der Waals surface area contributed by atoms with Crippen LogP contribution in [-0.2, 0) is 9.53 Å². The van der Waals surface area contributed by atoms with E-state index in [-0.39, 0.29) is 11.8 Å². The average molecular weight is 342 g/mol. The summed E-state index contributed by atoms with van der Waals surface area (Å²) in [7, 11) is 0. The van der Waals surface area contributed by atoms with Crippen LogP contribution in [0.1, 0.15) is 48.9 Å². The quantitative estimate of drug-likeness (QED) is 0.827. The first-order chi connectivity index (χ1) is 12.2. The van der Waals surface area contributed by atoms with Crippen molar-refractivity contribution in [1.29, 1.82) is 0 Å². The summed E-state index contributed by atoms with van der Waals surface area (Å²) >= 11 is 0. The first-order valence-electron chi connectivity index (χ1n) is 9.51. The highest BCUT2D eigenvalue weighted by Crippen LogP contribution is 2.31. The molecular formula is C20H26N2O3. The lowest BCUT2D eigenvalue weighted by molar-refractivity contribution is -0.119. The van der Waals surface area contributed by atoms with Crippen molar-refractivity contribution < 1.29 is 14.3 Å². The number of hydrogen-bond acceptors (Lipinski definition) is 3. The highest BCUT2D eigenvalue weighted by atomic mass is 16.5. The Morgan fingerprint density at radius 3 is 2.60 bits per heavy atom. The minimum absolute atomic E-state index is 0.117. The monoisotopic (exact) mass is 342 g/mol. The molecule has 1 aromatic rings. The Bertz CT molecular complexity index is 633. The summed E-state index contributed by atoms with van der Waals surface area (Å²) in [6.07, 6.45) is 5.92. The van der Waals surface area contributed by atoms with Crippen LogP contribution in [-0.4, -0.2) is 49.1 Å². The Morgan fingerprint density at radius 2 is 1.96 bits per heavy atom. The summed E-state index contributed by atoms with van der Waals surface area (Å²) < 4.78 is 5.46. The van der Waals surface area contributed by atoms with Gasteiger partial charge in [-0.2, -0.15) is 0 Å². The minimum Gasteiger partial charge on any atom is -0.381 e. The second-order valence-corrected chi connectivity index (χ2v) is 7.47. The fourth-order valence-corrected chi connectivity index (χ4v) is 3.82. The van der Waals surface area contributed by atoms with Gasteiger partial charge in [0.05, 0.1) is 6.61 Å². The highest BCUT2D eigenvalue weighted by Gasteiger charge is 2.35. The van der Waals surface area contributed by atoms with Crippen LogP contribution in [0, 0.1) is 5.92 Å². The van der Waals surface area contributed by atoms with Crippen LogP contribution in [0.25, 0.3) is 0 Å². The predicted octanol–water partition coefficient (Wildman–Crippen LogP) is 2.84. The first kappa shape index (κ1) is 16.6. The van der Waals surface area contributed by atoms with Crippen LogP contribution in [0.3, 0.4) is 0 Å². The van der Waals surface area contributed by atoms with Crippen molar-refractivity contribution in [3.8, 4) is 0 Å². The van der Waals surface area contributed by atoms with Gasteiger partial charge >= 0.3 is 0 Å². The number of piperidine rings is 1. The number of amides is 2. The van der Waals surface area contributed by atoms with E-state index in [2.05, 4.69) is 0 Å². The molecule has 134 valence electrons. The Balaban J connectivity index is 1.46. The summed E-state index contributed by atoms with van der Waals surface area (Å²) in [5.74, 6) is 0.770. The molecule has 3 fully saturated rings. The third-order valence-electron chi connectivity index (χ3n) is 5.48. The number of ether oxygens (including phenoxy) is 1. The average Bonchev–Trinajstić information content (AvgIpc) is 3.35. The van der Waals surface area contributed by atoms with E-state index in [1.165, 1.54) is 0 Å². The highest BCUT2D eigenvalue weighted by molar-refractivity contribution is 5.97. The molecule has 0 bridgehead atoms. The molecule has 0 unspecified atom stereocenters. The van der Waals surface area contributed by atoms with Gasteiger partial charge in [-0.3, -0.25) is 9.59 Å². The summed E-state index contributed by atoms with van der Waals surface area (Å²) in [5.41, 5.74) is 1.63. The van der Waals surface area contributed by atoms with Gasteiger partial charge in [0.25, 0.3) is 5.91 Å². The van der Waals surface area contributed by atoms with Gasteiger partial charge < -0.3 is 14.5 Å². The third-order valence-corrected chi connectivity index (χ3v) is 5.48. The summed E-state index contributed by atoms with van der Waals surface area (Å²) in [4.78, 5) is 28.9. The molecule has 5 heteroatoms. The molecular weight excluding hydrogens is 316 g/mol. The number of anilines is 1. The topological polar surface area (TPSA) is 49.9 Å². The van der Waals surface area contributed by atoms with Crippen LogP contribution in [0.4, 0.5) is 5.69 Å². The van der Waals surface area contributed by atoms with Crippen molar-refractivity contribution >= 4 is 17.5 Å². The van der Waals surface area contributed by atoms with Crippen LogP contribution in [0.5, 0.6) is 0 Å². The van der Waals surface area contributed by atoms with Crippen molar-refractivity contribution in [2.75, 3.05) is 31.2 Å². The molecule has 0 N–H and O–H groups in total. The van der Waals surface area contributed by atoms with Crippen LogP contribution in [0.15, 0.2) is 24.3 Å². The Morgan fingerprint density at radius 1 is 1.16 bits per heavy atom. The molecule has 0 aromatic heterocycles. The molecule has 0 radical (unpaired) electrons. The molecule has 2 heterocycles. The van der Waals surface area contributed by atoms with Gasteiger partial charge in [-0.15, -0.1) is 0 Å². The summed E-state index contributed by atoms with van der Waals surface area (Å²) in [6.45, 7) is 3.17. The number of hydrogen-bond donors (Lipinski definition) is 0. The van der Waals surface area contributed by atoms with Gasteiger partial charge in [0.15, 0.2) is 0 Å². The normalized spacial score (nSPS) is 23.8. The lowest BCUT2D eigenvalue weighted by Gasteiger charge is -2.28. The maximum absolute atomic E-state index is 13.0. The number of carbonyl (C=O) groups excluding carboxylic acids is 2. The van der Waals surface area contributed by atoms with E-state index in [1.807, 2.05) is 34.1 Å². The molecule has 0 spiro atoms. The number of nitrogens with zero attached hydrogens (tertiary/aromatic N) is 2. The Kier molecular flexibility index (Phi) is 4.75. The zero-order chi connectivity index (χ0) is 17.2. The number of benzene rings is 1. The molecule has 2 amide bonds. The Labute approximate surface area is 148 Å². The standard InChI is InChI=1S/C20H26N2O3/c23-19-3-1-2-11-21(19)17-6-4-16(5-7-17)20(24)22(18-8-9-18)13-15-10-12-25-14-15/h4-7,15,18H,1-3,8-14H2/t15-/m0/s1. The zero-order valence-corrected chi connectivity index (χ0v) is 14.7. The van der Waals surface area contributed by atoms with Crippen molar-refractivity contribution in [1.82, 2.24) is 4.90 Å². The molecule has 1 aliphatic carbocycles. The van der Waals surface area contributed by atoms with Crippen LogP contribution < -0.4 is 4.90 Å². The molecule has 2 saturated heterocycles. The van der Waals surface area contributed by atoms with Crippen LogP contribution >= 0.6 is 0 Å². The zero-order valence-electron chi connectivity index (χ0n) is 14.7. The first-order valence-corrected chi connectivity index (χ1v) is 9.51. The molecule has 3 aliphatic rings. The van der Waals surface area contributed by atoms with E-state index < -0.39 is 0 Å². The van der Waals surface area contributed by atoms with Gasteiger partial charge in [0, 0.05) is 49.3 Å². The maximum Gasteiger partial charge on any atom is 0.254 e. The lowest BCUT2D eigenvalue weighted by Crippen LogP contribution is -2.37. The SMILES string of the molecule is O=C1CCCCN1c1ccc(C(=O)N(C[C@@H]2CCOC2)C2CC2)cc1. The van der Waals surface area contributed by atoms with E-state index >= 15 is 0 Å². The lowest BCUT2D eigenvalue weighted by atomic mass is 10.1. The van der Waals surface area contributed by atoms with E-state index in [4.69, 9.17) is 4.74 Å². The largest absolute Gasteiger partial charge is 0.381 e. The minimum atomic E-state index is 0.117. The summed E-state index contributed by atoms with van der Waals surface area (Å²) in [6, 6.07) is 7.98. The second-order valence-electron chi connectivity index (χ2n) is 7.47. The van der Waals surface area contributed by atoms with Gasteiger partial charge in [-0.1, -0.05) is 0 Å². The summed E-state index contributed by atoms with van der Waals surface area (Å²) in [5, 5.41) is 0. The molecule has 2 aliphatic heterocycles. The van der Waals surface area contributed by atoms with Gasteiger partial charge in [-0.25, -0.2) is 0 Å². The van der Waals surface area contributed by atoms with E-state index in [9.17, 15) is 9.59 Å². The van der Waals surface area contributed by atoms with Crippen molar-refractivity contribution in [2.45, 2.75) is 44.6 Å². The maximum atomic E-state index is 13.0. The predicted molar refractivity (Wildman–Crippen MR) is 95.6 cm³/mol. The van der Waals surface area contributed by atoms with Gasteiger partial charge in [0.1, 0.15) is 0 Å². The van der Waals surface area contributed by atoms with Gasteiger partial charge in [-0.05, 0) is 56.4 Å². The second kappa shape index (κ2) is 7.16. The smallest absolute Gasteiger partial charge is 0.254 e. The van der Waals surface area contributed by atoms with Crippen molar-refractivity contribution in [3.05, 3.63) is 29.8 Å². The van der Waals surface area contributed by atoms with Crippen LogP contribution in [0.2, 0.25) is 0 Å². The molecule has 1 saturated carbocycles. The van der Waals surface area contributed by atoms with E-state index in [0.717, 1.165) is 69.7 Å². The fourth-order valence-electron chi connectivity index (χ4n) is 3.82. The molecule has 1 aromatic carbocycles. The fraction of sp³-hybridized carbons (Fsp3) is 0.600. The number of rotatable bonds is 5. The van der Waals surface area contributed by atoms with E-state index in [0.29, 0.717) is 18.4 Å². The molecule has 5 nitrogen and oxygen atoms in total. The van der Waals surface area contributed by atoms with Crippen molar-refractivity contribution in [2.24, 2.45) is 5.92 Å². The van der Waals surface area contributed by atoms with E-state index in [1.54, 1.807) is 0 Å². The molecule has 4 rings (SSSR count). The molecule has 25 heavy (non-hydrogen) atoms. The third kappa shape index (κ3) is 3.71. The Hall–Kier alpha value is -1.88. The van der Waals surface area contributed by atoms with Crippen molar-refractivity contribution in [3.63, 3.8) is 0 Å².